The zero-order valence-electron chi connectivity index (χ0n) is 12.6. The van der Waals surface area contributed by atoms with Crippen LogP contribution in [0.3, 0.4) is 0 Å². The molecule has 104 valence electrons. The number of benzene rings is 2. The van der Waals surface area contributed by atoms with Gasteiger partial charge in [0.05, 0.1) is 5.69 Å². The van der Waals surface area contributed by atoms with Gasteiger partial charge in [-0.3, -0.25) is 4.99 Å². The maximum atomic E-state index is 4.70. The van der Waals surface area contributed by atoms with Crippen LogP contribution in [0.25, 0.3) is 0 Å². The highest BCUT2D eigenvalue weighted by Crippen LogP contribution is 2.35. The summed E-state index contributed by atoms with van der Waals surface area (Å²) in [6.45, 7) is 9.20. The summed E-state index contributed by atoms with van der Waals surface area (Å²) in [6, 6.07) is 16.7. The van der Waals surface area contributed by atoms with Crippen molar-refractivity contribution in [2.24, 2.45) is 4.99 Å². The molecule has 0 aromatic heterocycles. The molecule has 3 heteroatoms. The van der Waals surface area contributed by atoms with Crippen LogP contribution in [0.5, 0.6) is 0 Å². The third kappa shape index (κ3) is 4.36. The van der Waals surface area contributed by atoms with E-state index >= 15 is 0 Å². The fourth-order valence-electron chi connectivity index (χ4n) is 1.85. The van der Waals surface area contributed by atoms with E-state index in [4.69, 9.17) is 4.99 Å². The molecule has 1 nitrogen and oxygen atoms in total. The molecule has 0 atom stereocenters. The molecule has 20 heavy (non-hydrogen) atoms. The lowest BCUT2D eigenvalue weighted by Gasteiger charge is -2.16. The van der Waals surface area contributed by atoms with Crippen molar-refractivity contribution in [1.82, 2.24) is 0 Å². The van der Waals surface area contributed by atoms with Gasteiger partial charge in [0.2, 0.25) is 0 Å². The minimum atomic E-state index is -1.21. The third-order valence-corrected chi connectivity index (χ3v) is 6.49. The first kappa shape index (κ1) is 15.1. The van der Waals surface area contributed by atoms with Gasteiger partial charge >= 0.3 is 0 Å². The fourth-order valence-corrected chi connectivity index (χ4v) is 5.38. The van der Waals surface area contributed by atoms with Gasteiger partial charge in [-0.2, -0.15) is 0 Å². The van der Waals surface area contributed by atoms with Crippen molar-refractivity contribution in [2.45, 2.75) is 31.5 Å². The van der Waals surface area contributed by atoms with Gasteiger partial charge in [0.25, 0.3) is 0 Å². The van der Waals surface area contributed by atoms with Gasteiger partial charge in [-0.25, -0.2) is 0 Å². The summed E-state index contributed by atoms with van der Waals surface area (Å²) in [5.74, 6) is 0. The second-order valence-corrected chi connectivity index (χ2v) is 15.0. The first-order valence-electron chi connectivity index (χ1n) is 6.83. The molecule has 2 rings (SSSR count). The molecule has 0 saturated heterocycles. The van der Waals surface area contributed by atoms with Crippen LogP contribution in [0, 0.1) is 6.92 Å². The number of hydrogen-bond acceptors (Lipinski definition) is 2. The standard InChI is InChI=1S/C17H21NSSi/c1-14-9-5-6-10-15(14)13-18-16-11-7-8-12-17(16)19-20(2,3)4/h5-13H,1-4H3/b18-13+. The van der Waals surface area contributed by atoms with Crippen LogP contribution in [0.1, 0.15) is 11.1 Å². The van der Waals surface area contributed by atoms with Crippen LogP contribution >= 0.6 is 11.2 Å². The summed E-state index contributed by atoms with van der Waals surface area (Å²) in [7, 11) is -1.21. The van der Waals surface area contributed by atoms with Crippen LogP contribution < -0.4 is 0 Å². The van der Waals surface area contributed by atoms with Crippen LogP contribution in [0.4, 0.5) is 5.69 Å². The summed E-state index contributed by atoms with van der Waals surface area (Å²) >= 11 is 1.99. The molecule has 0 heterocycles. The minimum absolute atomic E-state index is 1.07. The van der Waals surface area contributed by atoms with Crippen molar-refractivity contribution < 1.29 is 0 Å². The van der Waals surface area contributed by atoms with Crippen LogP contribution in [0.2, 0.25) is 19.6 Å². The fraction of sp³-hybridized carbons (Fsp3) is 0.235. The normalized spacial score (nSPS) is 12.0. The second-order valence-electron chi connectivity index (χ2n) is 5.80. The Morgan fingerprint density at radius 1 is 0.950 bits per heavy atom. The lowest BCUT2D eigenvalue weighted by Crippen LogP contribution is -2.13. The number of rotatable bonds is 4. The molecular formula is C17H21NSSi. The van der Waals surface area contributed by atoms with Gasteiger partial charge in [-0.15, -0.1) is 11.2 Å². The summed E-state index contributed by atoms with van der Waals surface area (Å²) < 4.78 is 0. The largest absolute Gasteiger partial charge is 0.255 e. The van der Waals surface area contributed by atoms with Gasteiger partial charge in [0.15, 0.2) is 0 Å². The highest BCUT2D eigenvalue weighted by molar-refractivity contribution is 8.28. The van der Waals surface area contributed by atoms with E-state index in [1.165, 1.54) is 16.0 Å². The number of aryl methyl sites for hydroxylation is 1. The Morgan fingerprint density at radius 2 is 1.60 bits per heavy atom. The average molecular weight is 300 g/mol. The molecule has 0 bridgehead atoms. The minimum Gasteiger partial charge on any atom is -0.255 e. The van der Waals surface area contributed by atoms with E-state index in [1.807, 2.05) is 17.4 Å². The lowest BCUT2D eigenvalue weighted by molar-refractivity contribution is 1.38. The van der Waals surface area contributed by atoms with Crippen LogP contribution in [0.15, 0.2) is 58.4 Å². The number of para-hydroxylation sites is 1. The van der Waals surface area contributed by atoms with Gasteiger partial charge < -0.3 is 0 Å². The van der Waals surface area contributed by atoms with E-state index in [9.17, 15) is 0 Å². The van der Waals surface area contributed by atoms with E-state index in [-0.39, 0.29) is 0 Å². The zero-order valence-corrected chi connectivity index (χ0v) is 14.4. The molecule has 0 amide bonds. The molecule has 0 saturated carbocycles. The topological polar surface area (TPSA) is 12.4 Å². The molecule has 0 unspecified atom stereocenters. The Morgan fingerprint density at radius 3 is 2.30 bits per heavy atom. The zero-order chi connectivity index (χ0) is 14.6. The molecule has 0 spiro atoms. The van der Waals surface area contributed by atoms with E-state index in [1.54, 1.807) is 0 Å². The van der Waals surface area contributed by atoms with Gasteiger partial charge in [0.1, 0.15) is 7.22 Å². The van der Waals surface area contributed by atoms with E-state index < -0.39 is 7.22 Å². The molecule has 2 aromatic carbocycles. The van der Waals surface area contributed by atoms with Gasteiger partial charge in [-0.05, 0) is 30.2 Å². The van der Waals surface area contributed by atoms with Crippen LogP contribution in [-0.4, -0.2) is 13.4 Å². The van der Waals surface area contributed by atoms with Crippen molar-refractivity contribution >= 4 is 30.3 Å². The second kappa shape index (κ2) is 6.42. The number of nitrogens with zero attached hydrogens (tertiary/aromatic N) is 1. The predicted molar refractivity (Wildman–Crippen MR) is 94.1 cm³/mol. The van der Waals surface area contributed by atoms with E-state index in [2.05, 4.69) is 75.1 Å². The smallest absolute Gasteiger partial charge is 0.114 e. The highest BCUT2D eigenvalue weighted by atomic mass is 32.4. The molecule has 0 aliphatic heterocycles. The van der Waals surface area contributed by atoms with E-state index in [0.29, 0.717) is 0 Å². The quantitative estimate of drug-likeness (QED) is 0.523. The Balaban J connectivity index is 2.28. The Hall–Kier alpha value is -1.32. The Labute approximate surface area is 126 Å². The highest BCUT2D eigenvalue weighted by Gasteiger charge is 2.16. The van der Waals surface area contributed by atoms with Crippen molar-refractivity contribution in [3.63, 3.8) is 0 Å². The Bertz CT molecular complexity index is 614. The molecular weight excluding hydrogens is 278 g/mol. The van der Waals surface area contributed by atoms with E-state index in [0.717, 1.165) is 5.69 Å². The molecule has 0 radical (unpaired) electrons. The summed E-state index contributed by atoms with van der Waals surface area (Å²) in [5.41, 5.74) is 3.51. The van der Waals surface area contributed by atoms with Crippen molar-refractivity contribution in [2.75, 3.05) is 0 Å². The summed E-state index contributed by atoms with van der Waals surface area (Å²) in [6.07, 6.45) is 1.97. The first-order valence-corrected chi connectivity index (χ1v) is 11.9. The van der Waals surface area contributed by atoms with Gasteiger partial charge in [-0.1, -0.05) is 56.0 Å². The molecule has 0 aliphatic carbocycles. The molecule has 2 aromatic rings. The molecule has 0 aliphatic rings. The molecule has 0 N–H and O–H groups in total. The third-order valence-electron chi connectivity index (χ3n) is 2.81. The van der Waals surface area contributed by atoms with Crippen molar-refractivity contribution in [1.29, 1.82) is 0 Å². The SMILES string of the molecule is Cc1ccccc1/C=N/c1ccccc1S[Si](C)(C)C. The molecule has 0 fully saturated rings. The van der Waals surface area contributed by atoms with Gasteiger partial charge in [0, 0.05) is 11.1 Å². The summed E-state index contributed by atoms with van der Waals surface area (Å²) in [4.78, 5) is 5.99. The number of aliphatic imine (C=N–C) groups is 1. The maximum Gasteiger partial charge on any atom is 0.114 e. The van der Waals surface area contributed by atoms with Crippen molar-refractivity contribution in [3.05, 3.63) is 59.7 Å². The average Bonchev–Trinajstić information content (AvgIpc) is 2.37. The number of hydrogen-bond donors (Lipinski definition) is 0. The summed E-state index contributed by atoms with van der Waals surface area (Å²) in [5, 5.41) is 0. The lowest BCUT2D eigenvalue weighted by atomic mass is 10.1. The Kier molecular flexibility index (Phi) is 4.84. The van der Waals surface area contributed by atoms with Crippen molar-refractivity contribution in [3.8, 4) is 0 Å². The monoisotopic (exact) mass is 299 g/mol. The van der Waals surface area contributed by atoms with Crippen LogP contribution in [-0.2, 0) is 0 Å². The first-order chi connectivity index (χ1) is 9.46. The maximum absolute atomic E-state index is 4.70. The predicted octanol–water partition coefficient (Wildman–Crippen LogP) is 5.67.